The zero-order valence-electron chi connectivity index (χ0n) is 9.64. The second-order valence-electron chi connectivity index (χ2n) is 3.92. The number of rotatable bonds is 4. The van der Waals surface area contributed by atoms with Crippen molar-refractivity contribution in [2.75, 3.05) is 7.05 Å². The van der Waals surface area contributed by atoms with Crippen molar-refractivity contribution in [2.24, 2.45) is 0 Å². The van der Waals surface area contributed by atoms with E-state index in [2.05, 4.69) is 10.3 Å². The molecule has 0 aliphatic rings. The van der Waals surface area contributed by atoms with E-state index in [9.17, 15) is 10.1 Å². The Bertz CT molecular complexity index is 553. The fourth-order valence-electron chi connectivity index (χ4n) is 1.76. The van der Waals surface area contributed by atoms with E-state index < -0.39 is 0 Å². The number of likely N-dealkylation sites (N-methyl/N-ethyl adjacent to an activating group) is 1. The normalized spacial score (nSPS) is 12.8. The third-order valence-electron chi connectivity index (χ3n) is 2.76. The van der Waals surface area contributed by atoms with Crippen molar-refractivity contribution in [2.45, 2.75) is 19.4 Å². The summed E-state index contributed by atoms with van der Waals surface area (Å²) in [6.45, 7) is 2.00. The van der Waals surface area contributed by atoms with Crippen molar-refractivity contribution in [3.05, 3.63) is 33.3 Å². The average molecular weight is 251 g/mol. The lowest BCUT2D eigenvalue weighted by Gasteiger charge is -2.10. The third kappa shape index (κ3) is 2.27. The molecule has 0 saturated carbocycles. The smallest absolute Gasteiger partial charge is 0.299 e. The van der Waals surface area contributed by atoms with E-state index in [1.807, 2.05) is 26.1 Å². The lowest BCUT2D eigenvalue weighted by atomic mass is 10.0. The number of hydrogen-bond donors (Lipinski definition) is 1. The molecule has 0 fully saturated rings. The van der Waals surface area contributed by atoms with Crippen LogP contribution in [-0.2, 0) is 6.42 Å². The van der Waals surface area contributed by atoms with Crippen molar-refractivity contribution < 1.29 is 4.92 Å². The monoisotopic (exact) mass is 251 g/mol. The second-order valence-corrected chi connectivity index (χ2v) is 4.81. The molecule has 1 heterocycles. The summed E-state index contributed by atoms with van der Waals surface area (Å²) in [7, 11) is 1.85. The van der Waals surface area contributed by atoms with Gasteiger partial charge in [-0.15, -0.1) is 11.3 Å². The van der Waals surface area contributed by atoms with Gasteiger partial charge in [0.2, 0.25) is 0 Å². The number of thiazole rings is 1. The fraction of sp³-hybridized carbons (Fsp3) is 0.364. The Balaban J connectivity index is 2.54. The number of nitrogens with one attached hydrogen (secondary N) is 1. The van der Waals surface area contributed by atoms with Gasteiger partial charge in [-0.25, -0.2) is 4.98 Å². The number of nitrogens with zero attached hydrogens (tertiary/aromatic N) is 2. The Morgan fingerprint density at radius 1 is 1.59 bits per heavy atom. The van der Waals surface area contributed by atoms with E-state index in [1.165, 1.54) is 11.3 Å². The van der Waals surface area contributed by atoms with Gasteiger partial charge in [-0.2, -0.15) is 0 Å². The molecule has 1 aromatic carbocycles. The Kier molecular flexibility index (Phi) is 3.35. The van der Waals surface area contributed by atoms with E-state index in [1.54, 1.807) is 5.51 Å². The van der Waals surface area contributed by atoms with Crippen LogP contribution >= 0.6 is 11.3 Å². The van der Waals surface area contributed by atoms with Crippen molar-refractivity contribution in [1.29, 1.82) is 0 Å². The summed E-state index contributed by atoms with van der Waals surface area (Å²) < 4.78 is 0.859. The number of benzene rings is 1. The Labute approximate surface area is 103 Å². The Hall–Kier alpha value is -1.53. The van der Waals surface area contributed by atoms with E-state index in [4.69, 9.17) is 0 Å². The molecule has 0 aliphatic heterocycles. The Morgan fingerprint density at radius 2 is 2.35 bits per heavy atom. The molecule has 0 spiro atoms. The van der Waals surface area contributed by atoms with Gasteiger partial charge in [0.25, 0.3) is 5.69 Å². The summed E-state index contributed by atoms with van der Waals surface area (Å²) in [6.07, 6.45) is 0.625. The first-order valence-electron chi connectivity index (χ1n) is 5.30. The summed E-state index contributed by atoms with van der Waals surface area (Å²) in [6, 6.07) is 3.93. The molecule has 1 aromatic heterocycles. The van der Waals surface area contributed by atoms with Crippen LogP contribution in [0.1, 0.15) is 12.5 Å². The van der Waals surface area contributed by atoms with Crippen LogP contribution in [0.3, 0.4) is 0 Å². The molecule has 2 rings (SSSR count). The summed E-state index contributed by atoms with van der Waals surface area (Å²) >= 11 is 1.42. The van der Waals surface area contributed by atoms with Gasteiger partial charge in [0, 0.05) is 11.6 Å². The number of aromatic nitrogens is 1. The molecule has 0 radical (unpaired) electrons. The first-order chi connectivity index (χ1) is 8.13. The van der Waals surface area contributed by atoms with Crippen LogP contribution in [0.2, 0.25) is 0 Å². The summed E-state index contributed by atoms with van der Waals surface area (Å²) in [5, 5.41) is 14.2. The van der Waals surface area contributed by atoms with Gasteiger partial charge in [0.15, 0.2) is 5.52 Å². The predicted molar refractivity (Wildman–Crippen MR) is 68.5 cm³/mol. The number of nitro groups is 1. The molecule has 1 unspecified atom stereocenters. The van der Waals surface area contributed by atoms with Gasteiger partial charge in [0.05, 0.1) is 15.1 Å². The first-order valence-corrected chi connectivity index (χ1v) is 6.18. The van der Waals surface area contributed by atoms with E-state index in [0.717, 1.165) is 10.3 Å². The molecule has 17 heavy (non-hydrogen) atoms. The van der Waals surface area contributed by atoms with Crippen LogP contribution in [0.4, 0.5) is 5.69 Å². The van der Waals surface area contributed by atoms with Crippen molar-refractivity contribution in [3.63, 3.8) is 0 Å². The molecular formula is C11H13N3O2S. The molecule has 0 saturated heterocycles. The largest absolute Gasteiger partial charge is 0.317 e. The highest BCUT2D eigenvalue weighted by Crippen LogP contribution is 2.31. The van der Waals surface area contributed by atoms with Crippen LogP contribution in [0, 0.1) is 10.1 Å². The van der Waals surface area contributed by atoms with Gasteiger partial charge >= 0.3 is 0 Å². The van der Waals surface area contributed by atoms with Crippen molar-refractivity contribution in [1.82, 2.24) is 10.3 Å². The highest BCUT2D eigenvalue weighted by atomic mass is 32.1. The quantitative estimate of drug-likeness (QED) is 0.669. The van der Waals surface area contributed by atoms with Gasteiger partial charge in [-0.05, 0) is 26.5 Å². The van der Waals surface area contributed by atoms with Crippen LogP contribution in [0.25, 0.3) is 10.2 Å². The highest BCUT2D eigenvalue weighted by molar-refractivity contribution is 7.16. The highest BCUT2D eigenvalue weighted by Gasteiger charge is 2.21. The van der Waals surface area contributed by atoms with Gasteiger partial charge in [-0.3, -0.25) is 10.1 Å². The zero-order chi connectivity index (χ0) is 12.4. The summed E-state index contributed by atoms with van der Waals surface area (Å²) in [5.41, 5.74) is 3.02. The first kappa shape index (κ1) is 11.9. The molecule has 90 valence electrons. The molecule has 1 N–H and O–H groups in total. The predicted octanol–water partition coefficient (Wildman–Crippen LogP) is 2.35. The SMILES string of the molecule is CNC(C)Cc1ccc2scnc2c1[N+](=O)[O-]. The minimum absolute atomic E-state index is 0.144. The molecule has 0 amide bonds. The van der Waals surface area contributed by atoms with Gasteiger partial charge in [-0.1, -0.05) is 6.07 Å². The van der Waals surface area contributed by atoms with Crippen LogP contribution in [0.15, 0.2) is 17.6 Å². The van der Waals surface area contributed by atoms with Crippen molar-refractivity contribution in [3.8, 4) is 0 Å². The third-order valence-corrected chi connectivity index (χ3v) is 3.55. The molecule has 1 atom stereocenters. The maximum atomic E-state index is 11.2. The standard InChI is InChI=1S/C11H13N3O2S/c1-7(12-2)5-8-3-4-9-10(13-6-17-9)11(8)14(15)16/h3-4,6-7,12H,5H2,1-2H3. The summed E-state index contributed by atoms with van der Waals surface area (Å²) in [4.78, 5) is 14.9. The van der Waals surface area contributed by atoms with E-state index >= 15 is 0 Å². The topological polar surface area (TPSA) is 68.1 Å². The number of nitro benzene ring substituents is 1. The Morgan fingerprint density at radius 3 is 3.00 bits per heavy atom. The number of fused-ring (bicyclic) bond motifs is 1. The molecule has 0 bridgehead atoms. The fourth-order valence-corrected chi connectivity index (χ4v) is 2.44. The maximum Gasteiger partial charge on any atom is 0.299 e. The number of hydrogen-bond acceptors (Lipinski definition) is 5. The molecule has 2 aromatic rings. The minimum Gasteiger partial charge on any atom is -0.317 e. The maximum absolute atomic E-state index is 11.2. The molecular weight excluding hydrogens is 238 g/mol. The van der Waals surface area contributed by atoms with Gasteiger partial charge < -0.3 is 5.32 Å². The molecule has 6 heteroatoms. The van der Waals surface area contributed by atoms with Crippen molar-refractivity contribution >= 4 is 27.2 Å². The van der Waals surface area contributed by atoms with Crippen LogP contribution in [0.5, 0.6) is 0 Å². The zero-order valence-corrected chi connectivity index (χ0v) is 10.5. The minimum atomic E-state index is -0.334. The molecule has 0 aliphatic carbocycles. The lowest BCUT2D eigenvalue weighted by Crippen LogP contribution is -2.23. The average Bonchev–Trinajstić information content (AvgIpc) is 2.75. The van der Waals surface area contributed by atoms with Crippen LogP contribution in [-0.4, -0.2) is 23.0 Å². The van der Waals surface area contributed by atoms with Crippen LogP contribution < -0.4 is 5.32 Å². The van der Waals surface area contributed by atoms with Gasteiger partial charge in [0.1, 0.15) is 0 Å². The van der Waals surface area contributed by atoms with E-state index in [0.29, 0.717) is 11.9 Å². The molecule has 5 nitrogen and oxygen atoms in total. The lowest BCUT2D eigenvalue weighted by molar-refractivity contribution is -0.383. The van der Waals surface area contributed by atoms with E-state index in [-0.39, 0.29) is 16.7 Å². The summed E-state index contributed by atoms with van der Waals surface area (Å²) in [5.74, 6) is 0. The second kappa shape index (κ2) is 4.77.